The molecule has 0 aliphatic rings. The maximum atomic E-state index is 11.8. The lowest BCUT2D eigenvalue weighted by Gasteiger charge is -2.25. The molecule has 7 heteroatoms. The van der Waals surface area contributed by atoms with Crippen molar-refractivity contribution >= 4 is 5.91 Å². The van der Waals surface area contributed by atoms with E-state index >= 15 is 0 Å². The van der Waals surface area contributed by atoms with E-state index in [1.54, 1.807) is 13.8 Å². The Balaban J connectivity index is 2.76. The second-order valence-electron chi connectivity index (χ2n) is 4.80. The van der Waals surface area contributed by atoms with Gasteiger partial charge in [0.25, 0.3) is 5.56 Å². The van der Waals surface area contributed by atoms with E-state index in [1.807, 2.05) is 0 Å². The summed E-state index contributed by atoms with van der Waals surface area (Å²) in [5.41, 5.74) is -2.14. The van der Waals surface area contributed by atoms with Gasteiger partial charge in [0.1, 0.15) is 6.54 Å². The minimum atomic E-state index is -1.000. The topological polar surface area (TPSA) is 95.4 Å². The van der Waals surface area contributed by atoms with Crippen molar-refractivity contribution < 1.29 is 9.90 Å². The van der Waals surface area contributed by atoms with Gasteiger partial charge in [0.2, 0.25) is 5.91 Å². The van der Waals surface area contributed by atoms with Crippen LogP contribution in [0.15, 0.2) is 21.9 Å². The fraction of sp³-hybridized carbons (Fsp3) is 0.545. The first-order valence-electron chi connectivity index (χ1n) is 5.45. The van der Waals surface area contributed by atoms with Crippen molar-refractivity contribution in [2.75, 3.05) is 13.6 Å². The molecule has 0 aliphatic carbocycles. The monoisotopic (exact) mass is 255 g/mol. The number of aliphatic hydroxyl groups is 1. The molecule has 0 radical (unpaired) electrons. The van der Waals surface area contributed by atoms with Crippen LogP contribution < -0.4 is 11.2 Å². The Kier molecular flexibility index (Phi) is 4.07. The maximum absolute atomic E-state index is 11.8. The Morgan fingerprint density at radius 2 is 2.11 bits per heavy atom. The number of H-pyrrole nitrogens is 1. The van der Waals surface area contributed by atoms with Gasteiger partial charge in [-0.05, 0) is 13.8 Å². The van der Waals surface area contributed by atoms with Crippen LogP contribution in [-0.2, 0) is 11.3 Å². The van der Waals surface area contributed by atoms with Gasteiger partial charge in [-0.1, -0.05) is 0 Å². The molecule has 0 aliphatic heterocycles. The molecule has 0 atom stereocenters. The van der Waals surface area contributed by atoms with E-state index in [9.17, 15) is 19.5 Å². The number of hydrogen-bond acceptors (Lipinski definition) is 4. The molecule has 100 valence electrons. The highest BCUT2D eigenvalue weighted by Gasteiger charge is 2.19. The number of hydrogen-bond donors (Lipinski definition) is 2. The number of likely N-dealkylation sites (N-methyl/N-ethyl adjacent to an activating group) is 1. The van der Waals surface area contributed by atoms with Crippen LogP contribution in [0, 0.1) is 0 Å². The van der Waals surface area contributed by atoms with Gasteiger partial charge in [0.15, 0.2) is 0 Å². The van der Waals surface area contributed by atoms with Gasteiger partial charge >= 0.3 is 5.69 Å². The third-order valence-electron chi connectivity index (χ3n) is 2.25. The standard InChI is InChI=1S/C11H17N3O4/c1-11(2,18)7-13(3)9(16)6-14-5-4-8(15)12-10(14)17/h4-5,18H,6-7H2,1-3H3,(H,12,15,17). The number of carbonyl (C=O) groups is 1. The highest BCUT2D eigenvalue weighted by atomic mass is 16.3. The summed E-state index contributed by atoms with van der Waals surface area (Å²) < 4.78 is 1.10. The number of amides is 1. The van der Waals surface area contributed by atoms with E-state index < -0.39 is 16.9 Å². The molecule has 7 nitrogen and oxygen atoms in total. The van der Waals surface area contributed by atoms with Gasteiger partial charge < -0.3 is 10.0 Å². The fourth-order valence-corrected chi connectivity index (χ4v) is 1.50. The van der Waals surface area contributed by atoms with Crippen molar-refractivity contribution in [3.05, 3.63) is 33.1 Å². The van der Waals surface area contributed by atoms with Gasteiger partial charge in [0.05, 0.1) is 5.60 Å². The molecule has 0 saturated heterocycles. The Bertz CT molecular complexity index is 538. The first-order chi connectivity index (χ1) is 8.19. The summed E-state index contributed by atoms with van der Waals surface area (Å²) in [6.07, 6.45) is 1.26. The molecular formula is C11H17N3O4. The van der Waals surface area contributed by atoms with Crippen LogP contribution in [0.5, 0.6) is 0 Å². The molecule has 0 bridgehead atoms. The normalized spacial score (nSPS) is 11.3. The molecule has 0 saturated carbocycles. The number of nitrogens with zero attached hydrogens (tertiary/aromatic N) is 2. The summed E-state index contributed by atoms with van der Waals surface area (Å²) in [6.45, 7) is 3.15. The molecule has 0 unspecified atom stereocenters. The molecule has 1 rings (SSSR count). The van der Waals surface area contributed by atoms with Crippen LogP contribution in [0.3, 0.4) is 0 Å². The smallest absolute Gasteiger partial charge is 0.328 e. The summed E-state index contributed by atoms with van der Waals surface area (Å²) in [7, 11) is 1.54. The van der Waals surface area contributed by atoms with Crippen molar-refractivity contribution in [1.29, 1.82) is 0 Å². The highest BCUT2D eigenvalue weighted by Crippen LogP contribution is 2.03. The van der Waals surface area contributed by atoms with Crippen LogP contribution in [0.1, 0.15) is 13.8 Å². The van der Waals surface area contributed by atoms with Crippen LogP contribution in [-0.4, -0.2) is 44.7 Å². The molecule has 0 aromatic carbocycles. The second-order valence-corrected chi connectivity index (χ2v) is 4.80. The average molecular weight is 255 g/mol. The maximum Gasteiger partial charge on any atom is 0.328 e. The van der Waals surface area contributed by atoms with Crippen LogP contribution in [0.25, 0.3) is 0 Å². The van der Waals surface area contributed by atoms with Gasteiger partial charge in [-0.3, -0.25) is 19.1 Å². The Hall–Kier alpha value is -1.89. The predicted molar refractivity (Wildman–Crippen MR) is 65.3 cm³/mol. The van der Waals surface area contributed by atoms with Gasteiger partial charge in [-0.15, -0.1) is 0 Å². The van der Waals surface area contributed by atoms with E-state index in [0.717, 1.165) is 4.57 Å². The van der Waals surface area contributed by atoms with E-state index in [1.165, 1.54) is 24.2 Å². The number of aromatic nitrogens is 2. The molecule has 1 aromatic heterocycles. The van der Waals surface area contributed by atoms with E-state index in [-0.39, 0.29) is 19.0 Å². The van der Waals surface area contributed by atoms with Crippen molar-refractivity contribution in [1.82, 2.24) is 14.5 Å². The molecule has 2 N–H and O–H groups in total. The zero-order valence-electron chi connectivity index (χ0n) is 10.6. The number of carbonyl (C=O) groups excluding carboxylic acids is 1. The molecule has 1 amide bonds. The minimum absolute atomic E-state index is 0.157. The second kappa shape index (κ2) is 5.18. The molecular weight excluding hydrogens is 238 g/mol. The van der Waals surface area contributed by atoms with E-state index in [2.05, 4.69) is 4.98 Å². The Morgan fingerprint density at radius 3 is 2.61 bits per heavy atom. The van der Waals surface area contributed by atoms with Crippen LogP contribution in [0.2, 0.25) is 0 Å². The minimum Gasteiger partial charge on any atom is -0.389 e. The van der Waals surface area contributed by atoms with Gasteiger partial charge in [-0.2, -0.15) is 0 Å². The first-order valence-corrected chi connectivity index (χ1v) is 5.45. The summed E-state index contributed by atoms with van der Waals surface area (Å²) in [5.74, 6) is -0.328. The van der Waals surface area contributed by atoms with Gasteiger partial charge in [0, 0.05) is 25.9 Å². The summed E-state index contributed by atoms with van der Waals surface area (Å²) in [6, 6.07) is 1.17. The average Bonchev–Trinajstić information content (AvgIpc) is 2.19. The van der Waals surface area contributed by atoms with Gasteiger partial charge in [-0.25, -0.2) is 4.79 Å². The van der Waals surface area contributed by atoms with Crippen molar-refractivity contribution in [2.45, 2.75) is 26.0 Å². The lowest BCUT2D eigenvalue weighted by atomic mass is 10.1. The lowest BCUT2D eigenvalue weighted by Crippen LogP contribution is -2.42. The number of aromatic amines is 1. The van der Waals surface area contributed by atoms with Crippen LogP contribution in [0.4, 0.5) is 0 Å². The SMILES string of the molecule is CN(CC(C)(C)O)C(=O)Cn1ccc(=O)[nH]c1=O. The lowest BCUT2D eigenvalue weighted by molar-refractivity contribution is -0.133. The van der Waals surface area contributed by atoms with Crippen molar-refractivity contribution in [2.24, 2.45) is 0 Å². The fourth-order valence-electron chi connectivity index (χ4n) is 1.50. The molecule has 0 fully saturated rings. The predicted octanol–water partition coefficient (Wildman–Crippen LogP) is -1.23. The molecule has 1 heterocycles. The molecule has 0 spiro atoms. The first kappa shape index (κ1) is 14.2. The number of nitrogens with one attached hydrogen (secondary N) is 1. The summed E-state index contributed by atoms with van der Waals surface area (Å²) in [5, 5.41) is 9.58. The summed E-state index contributed by atoms with van der Waals surface area (Å²) in [4.78, 5) is 37.4. The van der Waals surface area contributed by atoms with E-state index in [0.29, 0.717) is 0 Å². The van der Waals surface area contributed by atoms with Crippen LogP contribution >= 0.6 is 0 Å². The summed E-state index contributed by atoms with van der Waals surface area (Å²) >= 11 is 0. The van der Waals surface area contributed by atoms with Crippen molar-refractivity contribution in [3.63, 3.8) is 0 Å². The third-order valence-corrected chi connectivity index (χ3v) is 2.25. The third kappa shape index (κ3) is 4.17. The largest absolute Gasteiger partial charge is 0.389 e. The highest BCUT2D eigenvalue weighted by molar-refractivity contribution is 5.75. The Morgan fingerprint density at radius 1 is 1.50 bits per heavy atom. The zero-order chi connectivity index (χ0) is 13.9. The molecule has 1 aromatic rings. The number of rotatable bonds is 4. The van der Waals surface area contributed by atoms with Crippen molar-refractivity contribution in [3.8, 4) is 0 Å². The molecule has 18 heavy (non-hydrogen) atoms. The zero-order valence-corrected chi connectivity index (χ0v) is 10.6. The van der Waals surface area contributed by atoms with E-state index in [4.69, 9.17) is 0 Å². The quantitative estimate of drug-likeness (QED) is 0.704. The Labute approximate surface area is 104 Å².